The molecular formula is C15H21Cl2NO2. The minimum atomic E-state index is 0.197. The highest BCUT2D eigenvalue weighted by Crippen LogP contribution is 2.36. The first-order valence-corrected chi connectivity index (χ1v) is 7.22. The van der Waals surface area contributed by atoms with E-state index in [4.69, 9.17) is 32.7 Å². The van der Waals surface area contributed by atoms with E-state index in [0.717, 1.165) is 18.7 Å². The summed E-state index contributed by atoms with van der Waals surface area (Å²) < 4.78 is 10.8. The Labute approximate surface area is 130 Å². The van der Waals surface area contributed by atoms with Crippen LogP contribution in [0.25, 0.3) is 0 Å². The number of methoxy groups -OCH3 is 1. The van der Waals surface area contributed by atoms with Crippen LogP contribution in [0.4, 0.5) is 0 Å². The molecule has 1 aromatic carbocycles. The molecule has 5 heteroatoms. The summed E-state index contributed by atoms with van der Waals surface area (Å²) in [5, 5.41) is 4.27. The number of ether oxygens (including phenoxy) is 2. The van der Waals surface area contributed by atoms with E-state index in [1.807, 2.05) is 12.1 Å². The average Bonchev–Trinajstić information content (AvgIpc) is 2.36. The van der Waals surface area contributed by atoms with Crippen LogP contribution in [0, 0.1) is 5.92 Å². The lowest BCUT2D eigenvalue weighted by atomic mass is 10.1. The fraction of sp³-hybridized carbons (Fsp3) is 0.467. The van der Waals surface area contributed by atoms with Crippen molar-refractivity contribution in [3.05, 3.63) is 34.3 Å². The van der Waals surface area contributed by atoms with Gasteiger partial charge in [-0.1, -0.05) is 43.6 Å². The van der Waals surface area contributed by atoms with Crippen molar-refractivity contribution < 1.29 is 9.47 Å². The summed E-state index contributed by atoms with van der Waals surface area (Å²) in [6, 6.07) is 3.77. The number of hydrogen-bond donors (Lipinski definition) is 1. The van der Waals surface area contributed by atoms with Gasteiger partial charge in [-0.05, 0) is 30.2 Å². The summed E-state index contributed by atoms with van der Waals surface area (Å²) in [5.74, 6) is 1.69. The van der Waals surface area contributed by atoms with E-state index in [0.29, 0.717) is 27.5 Å². The summed E-state index contributed by atoms with van der Waals surface area (Å²) in [5.41, 5.74) is 1.05. The molecule has 20 heavy (non-hydrogen) atoms. The van der Waals surface area contributed by atoms with Gasteiger partial charge in [0.2, 0.25) is 0 Å². The number of hydrogen-bond acceptors (Lipinski definition) is 3. The van der Waals surface area contributed by atoms with E-state index < -0.39 is 0 Å². The molecular weight excluding hydrogens is 297 g/mol. The van der Waals surface area contributed by atoms with Crippen molar-refractivity contribution in [2.45, 2.75) is 20.4 Å². The van der Waals surface area contributed by atoms with Crippen LogP contribution >= 0.6 is 23.2 Å². The number of halogens is 2. The smallest absolute Gasteiger partial charge is 0.180 e. The molecule has 3 nitrogen and oxygen atoms in total. The molecule has 0 spiro atoms. The average molecular weight is 318 g/mol. The maximum atomic E-state index is 6.23. The van der Waals surface area contributed by atoms with Crippen LogP contribution < -0.4 is 14.8 Å². The van der Waals surface area contributed by atoms with Gasteiger partial charge in [0.15, 0.2) is 11.5 Å². The second kappa shape index (κ2) is 8.40. The van der Waals surface area contributed by atoms with Crippen LogP contribution in [0.2, 0.25) is 5.02 Å². The van der Waals surface area contributed by atoms with Gasteiger partial charge in [0.25, 0.3) is 0 Å². The Hall–Kier alpha value is -0.900. The van der Waals surface area contributed by atoms with Gasteiger partial charge < -0.3 is 14.8 Å². The Morgan fingerprint density at radius 2 is 2.10 bits per heavy atom. The number of benzene rings is 1. The molecule has 0 fully saturated rings. The molecule has 0 aliphatic heterocycles. The zero-order valence-electron chi connectivity index (χ0n) is 12.1. The minimum Gasteiger partial charge on any atom is -0.493 e. The predicted octanol–water partition coefficient (Wildman–Crippen LogP) is 4.23. The van der Waals surface area contributed by atoms with Crippen molar-refractivity contribution in [1.29, 1.82) is 0 Å². The highest BCUT2D eigenvalue weighted by molar-refractivity contribution is 6.32. The largest absolute Gasteiger partial charge is 0.493 e. The topological polar surface area (TPSA) is 30.5 Å². The van der Waals surface area contributed by atoms with E-state index >= 15 is 0 Å². The number of nitrogens with one attached hydrogen (secondary N) is 1. The first kappa shape index (κ1) is 17.2. The molecule has 0 bridgehead atoms. The zero-order chi connectivity index (χ0) is 15.1. The van der Waals surface area contributed by atoms with Crippen LogP contribution in [0.1, 0.15) is 19.4 Å². The molecule has 1 N–H and O–H groups in total. The van der Waals surface area contributed by atoms with Crippen molar-refractivity contribution in [1.82, 2.24) is 5.32 Å². The highest BCUT2D eigenvalue weighted by Gasteiger charge is 2.12. The lowest BCUT2D eigenvalue weighted by molar-refractivity contribution is 0.324. The van der Waals surface area contributed by atoms with Crippen molar-refractivity contribution in [3.63, 3.8) is 0 Å². The summed E-state index contributed by atoms with van der Waals surface area (Å²) >= 11 is 11.9. The predicted molar refractivity (Wildman–Crippen MR) is 85.0 cm³/mol. The van der Waals surface area contributed by atoms with Crippen molar-refractivity contribution in [2.24, 2.45) is 5.92 Å². The van der Waals surface area contributed by atoms with E-state index in [2.05, 4.69) is 25.7 Å². The normalized spacial score (nSPS) is 10.7. The summed E-state index contributed by atoms with van der Waals surface area (Å²) in [6.07, 6.45) is 0. The molecule has 0 saturated carbocycles. The molecule has 0 aromatic heterocycles. The third kappa shape index (κ3) is 5.61. The lowest BCUT2D eigenvalue weighted by Gasteiger charge is -2.14. The van der Waals surface area contributed by atoms with Crippen molar-refractivity contribution in [3.8, 4) is 11.5 Å². The van der Waals surface area contributed by atoms with Crippen LogP contribution in [0.5, 0.6) is 11.5 Å². The van der Waals surface area contributed by atoms with E-state index in [-0.39, 0.29) is 6.61 Å². The molecule has 0 saturated heterocycles. The zero-order valence-corrected chi connectivity index (χ0v) is 13.6. The van der Waals surface area contributed by atoms with Gasteiger partial charge in [-0.2, -0.15) is 0 Å². The minimum absolute atomic E-state index is 0.197. The van der Waals surface area contributed by atoms with Crippen molar-refractivity contribution in [2.75, 3.05) is 20.3 Å². The Balaban J connectivity index is 2.81. The molecule has 0 aliphatic carbocycles. The molecule has 112 valence electrons. The molecule has 1 aromatic rings. The van der Waals surface area contributed by atoms with Gasteiger partial charge in [-0.15, -0.1) is 0 Å². The van der Waals surface area contributed by atoms with Gasteiger partial charge in [0.05, 0.1) is 12.1 Å². The second-order valence-corrected chi connectivity index (χ2v) is 5.88. The molecule has 0 amide bonds. The fourth-order valence-corrected chi connectivity index (χ4v) is 2.01. The standard InChI is InChI=1S/C15H21Cl2NO2/c1-10(2)7-18-8-12-5-13(17)15(14(6-12)19-4)20-9-11(3)16/h5-6,10,18H,3,7-9H2,1-2,4H3. The van der Waals surface area contributed by atoms with Crippen molar-refractivity contribution >= 4 is 23.2 Å². The molecule has 0 radical (unpaired) electrons. The Bertz CT molecular complexity index is 461. The Kier molecular flexibility index (Phi) is 7.20. The maximum absolute atomic E-state index is 6.23. The van der Waals surface area contributed by atoms with Gasteiger partial charge in [0.1, 0.15) is 6.61 Å². The molecule has 0 aliphatic rings. The fourth-order valence-electron chi connectivity index (χ4n) is 1.67. The molecule has 0 unspecified atom stereocenters. The second-order valence-electron chi connectivity index (χ2n) is 4.94. The van der Waals surface area contributed by atoms with E-state index in [1.54, 1.807) is 7.11 Å². The third-order valence-corrected chi connectivity index (χ3v) is 2.93. The van der Waals surface area contributed by atoms with Crippen LogP contribution in [-0.4, -0.2) is 20.3 Å². The maximum Gasteiger partial charge on any atom is 0.180 e. The summed E-state index contributed by atoms with van der Waals surface area (Å²) in [7, 11) is 1.58. The SMILES string of the molecule is C=C(Cl)COc1c(Cl)cc(CNCC(C)C)cc1OC. The Morgan fingerprint density at radius 3 is 2.65 bits per heavy atom. The summed E-state index contributed by atoms with van der Waals surface area (Å²) in [6.45, 7) is 9.78. The quantitative estimate of drug-likeness (QED) is 0.778. The van der Waals surface area contributed by atoms with Gasteiger partial charge in [-0.3, -0.25) is 0 Å². The van der Waals surface area contributed by atoms with E-state index in [1.165, 1.54) is 0 Å². The lowest BCUT2D eigenvalue weighted by Crippen LogP contribution is -2.19. The van der Waals surface area contributed by atoms with Gasteiger partial charge in [0, 0.05) is 11.6 Å². The molecule has 0 atom stereocenters. The van der Waals surface area contributed by atoms with Crippen LogP contribution in [0.3, 0.4) is 0 Å². The van der Waals surface area contributed by atoms with Crippen LogP contribution in [-0.2, 0) is 6.54 Å². The first-order chi connectivity index (χ1) is 9.43. The third-order valence-electron chi connectivity index (χ3n) is 2.54. The monoisotopic (exact) mass is 317 g/mol. The highest BCUT2D eigenvalue weighted by atomic mass is 35.5. The van der Waals surface area contributed by atoms with E-state index in [9.17, 15) is 0 Å². The van der Waals surface area contributed by atoms with Gasteiger partial charge in [-0.25, -0.2) is 0 Å². The van der Waals surface area contributed by atoms with Crippen LogP contribution in [0.15, 0.2) is 23.7 Å². The molecule has 0 heterocycles. The Morgan fingerprint density at radius 1 is 1.40 bits per heavy atom. The number of rotatable bonds is 8. The summed E-state index contributed by atoms with van der Waals surface area (Å²) in [4.78, 5) is 0. The molecule has 1 rings (SSSR count). The first-order valence-electron chi connectivity index (χ1n) is 6.47. The van der Waals surface area contributed by atoms with Gasteiger partial charge >= 0.3 is 0 Å².